The topological polar surface area (TPSA) is 29.5 Å². The summed E-state index contributed by atoms with van der Waals surface area (Å²) in [7, 11) is -2.52. The van der Waals surface area contributed by atoms with Crippen molar-refractivity contribution in [2.75, 3.05) is 6.61 Å². The zero-order valence-electron chi connectivity index (χ0n) is 25.3. The van der Waals surface area contributed by atoms with E-state index in [9.17, 15) is 5.11 Å². The van der Waals surface area contributed by atoms with Gasteiger partial charge in [-0.2, -0.15) is 0 Å². The van der Waals surface area contributed by atoms with Crippen LogP contribution in [0.5, 0.6) is 0 Å². The van der Waals surface area contributed by atoms with Gasteiger partial charge in [-0.05, 0) is 60.0 Å². The van der Waals surface area contributed by atoms with Crippen molar-refractivity contribution in [3.05, 3.63) is 119 Å². The molecule has 208 valence electrons. The van der Waals surface area contributed by atoms with Gasteiger partial charge in [-0.25, -0.2) is 0 Å². The minimum Gasteiger partial charge on any atom is -0.404 e. The largest absolute Gasteiger partial charge is 0.404 e. The first-order valence-corrected chi connectivity index (χ1v) is 16.1. The Morgan fingerprint density at radius 3 is 2.03 bits per heavy atom. The predicted molar refractivity (Wildman–Crippen MR) is 171 cm³/mol. The summed E-state index contributed by atoms with van der Waals surface area (Å²) in [5.74, 6) is 0. The van der Waals surface area contributed by atoms with Gasteiger partial charge in [-0.1, -0.05) is 148 Å². The minimum absolute atomic E-state index is 0.00121. The lowest BCUT2D eigenvalue weighted by atomic mass is 9.71. The summed E-state index contributed by atoms with van der Waals surface area (Å²) in [4.78, 5) is 0. The van der Waals surface area contributed by atoms with Crippen molar-refractivity contribution >= 4 is 18.7 Å². The third kappa shape index (κ3) is 7.69. The average molecular weight is 541 g/mol. The molecule has 0 saturated carbocycles. The lowest BCUT2D eigenvalue weighted by molar-refractivity contribution is 0.116. The number of aliphatic hydroxyl groups excluding tert-OH is 1. The quantitative estimate of drug-likeness (QED) is 0.257. The van der Waals surface area contributed by atoms with Crippen LogP contribution < -0.4 is 10.4 Å². The minimum atomic E-state index is -2.52. The molecule has 0 radical (unpaired) electrons. The maximum Gasteiger partial charge on any atom is 0.261 e. The third-order valence-corrected chi connectivity index (χ3v) is 12.8. The Kier molecular flexibility index (Phi) is 10.3. The van der Waals surface area contributed by atoms with Crippen LogP contribution in [0.2, 0.25) is 5.04 Å². The van der Waals surface area contributed by atoms with Crippen LogP contribution >= 0.6 is 0 Å². The molecule has 39 heavy (non-hydrogen) atoms. The van der Waals surface area contributed by atoms with E-state index in [0.29, 0.717) is 6.61 Å². The molecule has 0 amide bonds. The molecule has 2 aromatic rings. The molecular weight excluding hydrogens is 492 g/mol. The highest BCUT2D eigenvalue weighted by atomic mass is 28.4. The first-order valence-electron chi connectivity index (χ1n) is 14.2. The van der Waals surface area contributed by atoms with Gasteiger partial charge in [0.1, 0.15) is 0 Å². The van der Waals surface area contributed by atoms with Gasteiger partial charge in [-0.15, -0.1) is 0 Å². The molecule has 0 spiro atoms. The molecular formula is C36H48O2Si. The van der Waals surface area contributed by atoms with Crippen LogP contribution in [0.4, 0.5) is 0 Å². The lowest BCUT2D eigenvalue weighted by Crippen LogP contribution is -2.66. The van der Waals surface area contributed by atoms with Crippen LogP contribution in [0.1, 0.15) is 68.2 Å². The molecule has 0 bridgehead atoms. The molecule has 1 aliphatic carbocycles. The van der Waals surface area contributed by atoms with Gasteiger partial charge >= 0.3 is 0 Å². The Balaban J connectivity index is 1.75. The van der Waals surface area contributed by atoms with Crippen LogP contribution in [0.25, 0.3) is 0 Å². The summed E-state index contributed by atoms with van der Waals surface area (Å²) in [6.45, 7) is 18.4. The Morgan fingerprint density at radius 1 is 0.949 bits per heavy atom. The normalized spacial score (nSPS) is 19.4. The van der Waals surface area contributed by atoms with Crippen LogP contribution in [0, 0.1) is 5.41 Å². The summed E-state index contributed by atoms with van der Waals surface area (Å²) in [5, 5.41) is 12.7. The molecule has 2 nitrogen and oxygen atoms in total. The molecule has 0 aromatic heterocycles. The van der Waals surface area contributed by atoms with Gasteiger partial charge in [0.15, 0.2) is 0 Å². The number of allylic oxidation sites excluding steroid dienone is 8. The van der Waals surface area contributed by atoms with Gasteiger partial charge in [0.05, 0.1) is 12.7 Å². The zero-order valence-corrected chi connectivity index (χ0v) is 26.3. The smallest absolute Gasteiger partial charge is 0.261 e. The number of aliphatic hydroxyl groups is 1. The first-order chi connectivity index (χ1) is 18.4. The monoisotopic (exact) mass is 540 g/mol. The molecule has 0 unspecified atom stereocenters. The molecule has 1 atom stereocenters. The van der Waals surface area contributed by atoms with Gasteiger partial charge in [0.25, 0.3) is 8.32 Å². The molecule has 0 aliphatic heterocycles. The summed E-state index contributed by atoms with van der Waals surface area (Å²) in [5.41, 5.74) is 5.02. The summed E-state index contributed by atoms with van der Waals surface area (Å²) in [6, 6.07) is 21.6. The highest BCUT2D eigenvalue weighted by Gasteiger charge is 2.49. The standard InChI is InChI=1S/C36H48O2Si/c1-28(22-23-34-30(3)26-31(37)27-36(34,7)8)16-15-17-29(2)24-25-38-39(35(4,5)6,32-18-11-9-12-19-32)33-20-13-10-14-21-33/h9-24,31,37H,25-27H2,1-8H3/b17-15-,23-22+,28-16+,29-24+/t31-/m1/s1. The summed E-state index contributed by atoms with van der Waals surface area (Å²) in [6.07, 6.45) is 14.4. The molecule has 3 heteroatoms. The summed E-state index contributed by atoms with van der Waals surface area (Å²) >= 11 is 0. The van der Waals surface area contributed by atoms with E-state index in [-0.39, 0.29) is 16.6 Å². The first kappa shape index (κ1) is 30.8. The van der Waals surface area contributed by atoms with Gasteiger partial charge in [0.2, 0.25) is 0 Å². The highest BCUT2D eigenvalue weighted by molar-refractivity contribution is 6.99. The third-order valence-electron chi connectivity index (χ3n) is 7.83. The molecule has 2 aromatic carbocycles. The van der Waals surface area contributed by atoms with Crippen LogP contribution in [0.3, 0.4) is 0 Å². The van der Waals surface area contributed by atoms with Crippen LogP contribution in [-0.4, -0.2) is 26.1 Å². The van der Waals surface area contributed by atoms with E-state index in [1.54, 1.807) is 0 Å². The van der Waals surface area contributed by atoms with Crippen molar-refractivity contribution in [3.63, 3.8) is 0 Å². The molecule has 3 rings (SSSR count). The van der Waals surface area contributed by atoms with Crippen molar-refractivity contribution in [1.82, 2.24) is 0 Å². The van der Waals surface area contributed by atoms with E-state index in [4.69, 9.17) is 4.43 Å². The Hall–Kier alpha value is -2.72. The maximum atomic E-state index is 10.1. The molecule has 1 aliphatic rings. The van der Waals surface area contributed by atoms with E-state index in [2.05, 4.69) is 153 Å². The van der Waals surface area contributed by atoms with E-state index in [1.807, 2.05) is 0 Å². The van der Waals surface area contributed by atoms with E-state index in [0.717, 1.165) is 12.8 Å². The van der Waals surface area contributed by atoms with Gasteiger partial charge < -0.3 is 9.53 Å². The molecule has 0 saturated heterocycles. The van der Waals surface area contributed by atoms with Gasteiger partial charge in [0, 0.05) is 0 Å². The second-order valence-electron chi connectivity index (χ2n) is 12.7. The second-order valence-corrected chi connectivity index (χ2v) is 17.0. The number of hydrogen-bond donors (Lipinski definition) is 1. The van der Waals surface area contributed by atoms with Crippen molar-refractivity contribution < 1.29 is 9.53 Å². The number of hydrogen-bond acceptors (Lipinski definition) is 2. The van der Waals surface area contributed by atoms with Crippen molar-refractivity contribution in [1.29, 1.82) is 0 Å². The van der Waals surface area contributed by atoms with E-state index >= 15 is 0 Å². The van der Waals surface area contributed by atoms with E-state index in [1.165, 1.54) is 32.7 Å². The fraction of sp³-hybridized carbons (Fsp3) is 0.389. The van der Waals surface area contributed by atoms with Crippen LogP contribution in [-0.2, 0) is 4.43 Å². The maximum absolute atomic E-state index is 10.1. The molecule has 0 fully saturated rings. The van der Waals surface area contributed by atoms with Crippen molar-refractivity contribution in [2.45, 2.75) is 79.4 Å². The average Bonchev–Trinajstić information content (AvgIpc) is 2.86. The fourth-order valence-electron chi connectivity index (χ4n) is 5.93. The Labute approximate surface area is 238 Å². The zero-order chi connectivity index (χ0) is 28.7. The lowest BCUT2D eigenvalue weighted by Gasteiger charge is -2.42. The Morgan fingerprint density at radius 2 is 1.51 bits per heavy atom. The van der Waals surface area contributed by atoms with Crippen LogP contribution in [0.15, 0.2) is 119 Å². The van der Waals surface area contributed by atoms with E-state index < -0.39 is 8.32 Å². The number of rotatable bonds is 9. The second kappa shape index (κ2) is 13.1. The highest BCUT2D eigenvalue weighted by Crippen LogP contribution is 2.41. The van der Waals surface area contributed by atoms with Crippen molar-refractivity contribution in [3.8, 4) is 0 Å². The SMILES string of the molecule is CC1=C(/C=C/C(C)=C/C=C\C(C)=C\CO[Si](c2ccccc2)(c2ccccc2)C(C)(C)C)C(C)(C)C[C@H](O)C1. The Bertz CT molecular complexity index is 1200. The fourth-order valence-corrected chi connectivity index (χ4v) is 10.4. The van der Waals surface area contributed by atoms with Crippen molar-refractivity contribution in [2.24, 2.45) is 5.41 Å². The summed E-state index contributed by atoms with van der Waals surface area (Å²) < 4.78 is 6.99. The van der Waals surface area contributed by atoms with Gasteiger partial charge in [-0.3, -0.25) is 0 Å². The predicted octanol–water partition coefficient (Wildman–Crippen LogP) is 8.07. The number of benzene rings is 2. The molecule has 0 heterocycles. The molecule has 1 N–H and O–H groups in total.